The third-order valence-corrected chi connectivity index (χ3v) is 6.45. The fourth-order valence-electron chi connectivity index (χ4n) is 3.57. The SMILES string of the molecule is Cc1nc(Cc2ccc(F)cc2)sc1C(=O)N1CCCC(C(=O)NC2CC2)C1. The number of aromatic nitrogens is 1. The Morgan fingerprint density at radius 3 is 2.71 bits per heavy atom. The molecule has 7 heteroatoms. The molecule has 1 aliphatic carbocycles. The molecule has 1 unspecified atom stereocenters. The average Bonchev–Trinajstić information content (AvgIpc) is 3.43. The Bertz CT molecular complexity index is 876. The van der Waals surface area contributed by atoms with Gasteiger partial charge in [-0.2, -0.15) is 0 Å². The number of hydrogen-bond acceptors (Lipinski definition) is 4. The average molecular weight is 402 g/mol. The van der Waals surface area contributed by atoms with Crippen molar-refractivity contribution in [3.8, 4) is 0 Å². The van der Waals surface area contributed by atoms with Crippen molar-refractivity contribution in [2.75, 3.05) is 13.1 Å². The second-order valence-electron chi connectivity index (χ2n) is 7.70. The molecule has 0 spiro atoms. The van der Waals surface area contributed by atoms with Gasteiger partial charge in [0.2, 0.25) is 5.91 Å². The Balaban J connectivity index is 1.42. The zero-order valence-corrected chi connectivity index (χ0v) is 16.7. The number of carbonyl (C=O) groups excluding carboxylic acids is 2. The molecule has 1 aliphatic heterocycles. The van der Waals surface area contributed by atoms with Gasteiger partial charge in [-0.1, -0.05) is 12.1 Å². The molecule has 28 heavy (non-hydrogen) atoms. The van der Waals surface area contributed by atoms with Crippen molar-refractivity contribution in [1.82, 2.24) is 15.2 Å². The number of likely N-dealkylation sites (tertiary alicyclic amines) is 1. The van der Waals surface area contributed by atoms with Crippen LogP contribution in [0.15, 0.2) is 24.3 Å². The molecule has 1 N–H and O–H groups in total. The molecule has 1 saturated heterocycles. The van der Waals surface area contributed by atoms with E-state index in [1.807, 2.05) is 6.92 Å². The topological polar surface area (TPSA) is 62.3 Å². The molecule has 1 aromatic heterocycles. The lowest BCUT2D eigenvalue weighted by molar-refractivity contribution is -0.126. The van der Waals surface area contributed by atoms with Gasteiger partial charge in [0.05, 0.1) is 16.6 Å². The number of thiazole rings is 1. The van der Waals surface area contributed by atoms with Crippen LogP contribution < -0.4 is 5.32 Å². The Morgan fingerprint density at radius 1 is 1.25 bits per heavy atom. The molecule has 0 radical (unpaired) electrons. The van der Waals surface area contributed by atoms with Crippen LogP contribution in [-0.4, -0.2) is 40.8 Å². The maximum Gasteiger partial charge on any atom is 0.265 e. The van der Waals surface area contributed by atoms with Crippen molar-refractivity contribution in [3.05, 3.63) is 51.2 Å². The molecular formula is C21H24FN3O2S. The lowest BCUT2D eigenvalue weighted by atomic mass is 9.97. The Kier molecular flexibility index (Phi) is 5.44. The van der Waals surface area contributed by atoms with Crippen molar-refractivity contribution in [3.63, 3.8) is 0 Å². The van der Waals surface area contributed by atoms with Crippen LogP contribution in [0.3, 0.4) is 0 Å². The van der Waals surface area contributed by atoms with E-state index in [-0.39, 0.29) is 23.5 Å². The summed E-state index contributed by atoms with van der Waals surface area (Å²) in [4.78, 5) is 32.4. The van der Waals surface area contributed by atoms with Crippen molar-refractivity contribution >= 4 is 23.2 Å². The van der Waals surface area contributed by atoms with Gasteiger partial charge in [-0.25, -0.2) is 9.37 Å². The first kappa shape index (κ1) is 19.1. The van der Waals surface area contributed by atoms with E-state index in [1.165, 1.54) is 23.5 Å². The van der Waals surface area contributed by atoms with E-state index in [0.29, 0.717) is 30.4 Å². The Hall–Kier alpha value is -2.28. The summed E-state index contributed by atoms with van der Waals surface area (Å²) in [7, 11) is 0. The number of nitrogens with one attached hydrogen (secondary N) is 1. The maximum absolute atomic E-state index is 13.1. The molecule has 0 bridgehead atoms. The molecule has 4 rings (SSSR count). The van der Waals surface area contributed by atoms with E-state index in [2.05, 4.69) is 10.3 Å². The molecule has 2 fully saturated rings. The highest BCUT2D eigenvalue weighted by Crippen LogP contribution is 2.26. The van der Waals surface area contributed by atoms with Crippen LogP contribution in [0.4, 0.5) is 4.39 Å². The summed E-state index contributed by atoms with van der Waals surface area (Å²) in [6.45, 7) is 3.00. The molecular weight excluding hydrogens is 377 g/mol. The van der Waals surface area contributed by atoms with Crippen LogP contribution >= 0.6 is 11.3 Å². The lowest BCUT2D eigenvalue weighted by Gasteiger charge is -2.31. The second kappa shape index (κ2) is 7.99. The van der Waals surface area contributed by atoms with Gasteiger partial charge in [-0.15, -0.1) is 11.3 Å². The molecule has 1 aromatic carbocycles. The van der Waals surface area contributed by atoms with Gasteiger partial charge in [-0.3, -0.25) is 9.59 Å². The number of carbonyl (C=O) groups is 2. The molecule has 5 nitrogen and oxygen atoms in total. The van der Waals surface area contributed by atoms with Gasteiger partial charge in [0.1, 0.15) is 10.7 Å². The summed E-state index contributed by atoms with van der Waals surface area (Å²) in [5.41, 5.74) is 1.68. The van der Waals surface area contributed by atoms with Crippen LogP contribution in [0.1, 0.15) is 51.6 Å². The Labute approximate surface area is 168 Å². The highest BCUT2D eigenvalue weighted by molar-refractivity contribution is 7.13. The third kappa shape index (κ3) is 4.41. The second-order valence-corrected chi connectivity index (χ2v) is 8.78. The van der Waals surface area contributed by atoms with E-state index >= 15 is 0 Å². The summed E-state index contributed by atoms with van der Waals surface area (Å²) in [6, 6.07) is 6.68. The lowest BCUT2D eigenvalue weighted by Crippen LogP contribution is -2.45. The number of halogens is 1. The molecule has 2 amide bonds. The largest absolute Gasteiger partial charge is 0.353 e. The molecule has 2 aliphatic rings. The van der Waals surface area contributed by atoms with E-state index in [9.17, 15) is 14.0 Å². The number of benzene rings is 1. The van der Waals surface area contributed by atoms with Crippen molar-refractivity contribution in [2.24, 2.45) is 5.92 Å². The quantitative estimate of drug-likeness (QED) is 0.836. The summed E-state index contributed by atoms with van der Waals surface area (Å²) >= 11 is 1.39. The van der Waals surface area contributed by atoms with E-state index < -0.39 is 0 Å². The summed E-state index contributed by atoms with van der Waals surface area (Å²) in [5.74, 6) is -0.340. The Morgan fingerprint density at radius 2 is 2.00 bits per heavy atom. The third-order valence-electron chi connectivity index (χ3n) is 5.31. The predicted molar refractivity (Wildman–Crippen MR) is 106 cm³/mol. The van der Waals surface area contributed by atoms with Crippen LogP contribution in [0, 0.1) is 18.7 Å². The van der Waals surface area contributed by atoms with Crippen molar-refractivity contribution < 1.29 is 14.0 Å². The van der Waals surface area contributed by atoms with Gasteiger partial charge < -0.3 is 10.2 Å². The summed E-state index contributed by atoms with van der Waals surface area (Å²) in [6.07, 6.45) is 4.39. The minimum Gasteiger partial charge on any atom is -0.353 e. The van der Waals surface area contributed by atoms with E-state index in [4.69, 9.17) is 0 Å². The number of rotatable bonds is 5. The molecule has 1 saturated carbocycles. The van der Waals surface area contributed by atoms with E-state index in [0.717, 1.165) is 41.9 Å². The first-order chi connectivity index (χ1) is 13.5. The van der Waals surface area contributed by atoms with Crippen LogP contribution in [0.2, 0.25) is 0 Å². The summed E-state index contributed by atoms with van der Waals surface area (Å²) < 4.78 is 13.1. The molecule has 2 aromatic rings. The molecule has 148 valence electrons. The van der Waals surface area contributed by atoms with Crippen molar-refractivity contribution in [2.45, 2.75) is 45.1 Å². The van der Waals surface area contributed by atoms with Crippen molar-refractivity contribution in [1.29, 1.82) is 0 Å². The number of piperidine rings is 1. The minimum atomic E-state index is -0.264. The van der Waals surface area contributed by atoms with Gasteiger partial charge in [0.25, 0.3) is 5.91 Å². The number of aryl methyl sites for hydroxylation is 1. The number of nitrogens with zero attached hydrogens (tertiary/aromatic N) is 2. The first-order valence-corrected chi connectivity index (χ1v) is 10.6. The molecule has 2 heterocycles. The molecule has 1 atom stereocenters. The van der Waals surface area contributed by atoms with E-state index in [1.54, 1.807) is 17.0 Å². The maximum atomic E-state index is 13.1. The normalized spacial score (nSPS) is 19.5. The summed E-state index contributed by atoms with van der Waals surface area (Å²) in [5, 5.41) is 3.90. The highest BCUT2D eigenvalue weighted by Gasteiger charge is 2.33. The smallest absolute Gasteiger partial charge is 0.265 e. The van der Waals surface area contributed by atoms with Crippen LogP contribution in [-0.2, 0) is 11.2 Å². The van der Waals surface area contributed by atoms with Gasteiger partial charge in [0.15, 0.2) is 0 Å². The number of amides is 2. The standard InChI is InChI=1S/C21H24FN3O2S/c1-13-19(28-18(23-13)11-14-4-6-16(22)7-5-14)21(27)25-10-2-3-15(12-25)20(26)24-17-8-9-17/h4-7,15,17H,2-3,8-12H2,1H3,(H,24,26). The zero-order chi connectivity index (χ0) is 19.7. The van der Waals surface area contributed by atoms with Crippen LogP contribution in [0.5, 0.6) is 0 Å². The fourth-order valence-corrected chi connectivity index (χ4v) is 4.64. The highest BCUT2D eigenvalue weighted by atomic mass is 32.1. The van der Waals surface area contributed by atoms with Gasteiger partial charge >= 0.3 is 0 Å². The number of hydrogen-bond donors (Lipinski definition) is 1. The zero-order valence-electron chi connectivity index (χ0n) is 15.9. The van der Waals surface area contributed by atoms with Gasteiger partial charge in [0, 0.05) is 25.6 Å². The minimum absolute atomic E-state index is 0.0377. The fraction of sp³-hybridized carbons (Fsp3) is 0.476. The first-order valence-electron chi connectivity index (χ1n) is 9.80. The monoisotopic (exact) mass is 401 g/mol. The van der Waals surface area contributed by atoms with Crippen LogP contribution in [0.25, 0.3) is 0 Å². The predicted octanol–water partition coefficient (Wildman–Crippen LogP) is 3.31. The van der Waals surface area contributed by atoms with Gasteiger partial charge in [-0.05, 0) is 50.3 Å².